The van der Waals surface area contributed by atoms with Gasteiger partial charge in [-0.25, -0.2) is 4.79 Å². The second kappa shape index (κ2) is 7.44. The Labute approximate surface area is 167 Å². The lowest BCUT2D eigenvalue weighted by Gasteiger charge is -2.39. The van der Waals surface area contributed by atoms with Crippen LogP contribution in [0.3, 0.4) is 0 Å². The number of aryl methyl sites for hydroxylation is 1. The van der Waals surface area contributed by atoms with E-state index < -0.39 is 5.97 Å². The van der Waals surface area contributed by atoms with E-state index in [-0.39, 0.29) is 6.04 Å². The quantitative estimate of drug-likeness (QED) is 0.873. The molecule has 0 radical (unpaired) electrons. The number of hydrogen-bond donors (Lipinski definition) is 1. The lowest BCUT2D eigenvalue weighted by Crippen LogP contribution is -2.35. The average Bonchev–Trinajstić information content (AvgIpc) is 3.08. The van der Waals surface area contributed by atoms with Crippen LogP contribution in [0.15, 0.2) is 48.7 Å². The van der Waals surface area contributed by atoms with Crippen molar-refractivity contribution in [3.05, 3.63) is 76.5 Å². The second-order valence-corrected chi connectivity index (χ2v) is 8.24. The van der Waals surface area contributed by atoms with Crippen molar-refractivity contribution in [2.45, 2.75) is 26.3 Å². The number of carboxylic acids is 1. The van der Waals surface area contributed by atoms with Crippen LogP contribution in [-0.2, 0) is 4.79 Å². The number of nitrogens with zero attached hydrogens (tertiary/aromatic N) is 2. The van der Waals surface area contributed by atoms with Crippen LogP contribution in [-0.4, -0.2) is 47.6 Å². The molecule has 2 heterocycles. The fraction of sp³-hybridized carbons (Fsp3) is 0.375. The van der Waals surface area contributed by atoms with Gasteiger partial charge in [-0.05, 0) is 67.6 Å². The summed E-state index contributed by atoms with van der Waals surface area (Å²) in [5.74, 6) is -0.311. The maximum atomic E-state index is 12.0. The molecule has 0 amide bonds. The van der Waals surface area contributed by atoms with Crippen LogP contribution in [0, 0.1) is 19.8 Å². The first-order valence-corrected chi connectivity index (χ1v) is 10.0. The molecular formula is C24H28N2O2. The molecule has 2 aromatic carbocycles. The number of likely N-dealkylation sites (tertiary alicyclic amines) is 1. The molecule has 0 spiro atoms. The molecule has 0 aromatic heterocycles. The predicted molar refractivity (Wildman–Crippen MR) is 112 cm³/mol. The number of carboxylic acid groups (broad SMARTS) is 1. The van der Waals surface area contributed by atoms with Crippen LogP contribution in [0.2, 0.25) is 0 Å². The van der Waals surface area contributed by atoms with E-state index in [9.17, 15) is 9.90 Å². The van der Waals surface area contributed by atoms with Crippen molar-refractivity contribution >= 4 is 11.5 Å². The minimum atomic E-state index is -0.861. The Morgan fingerprint density at radius 1 is 1.11 bits per heavy atom. The van der Waals surface area contributed by atoms with Gasteiger partial charge in [0, 0.05) is 19.3 Å². The smallest absolute Gasteiger partial charge is 0.337 e. The van der Waals surface area contributed by atoms with E-state index in [1.165, 1.54) is 16.7 Å². The first kappa shape index (κ1) is 18.8. The molecule has 4 heteroatoms. The summed E-state index contributed by atoms with van der Waals surface area (Å²) in [5, 5.41) is 9.86. The topological polar surface area (TPSA) is 43.8 Å². The molecule has 2 atom stereocenters. The van der Waals surface area contributed by atoms with Crippen molar-refractivity contribution in [2.24, 2.45) is 5.92 Å². The molecule has 1 saturated heterocycles. The van der Waals surface area contributed by atoms with Crippen molar-refractivity contribution in [1.82, 2.24) is 9.80 Å². The lowest BCUT2D eigenvalue weighted by molar-refractivity contribution is -0.130. The first-order valence-electron chi connectivity index (χ1n) is 10.0. The number of carbonyl (C=O) groups is 1. The molecule has 0 bridgehead atoms. The van der Waals surface area contributed by atoms with E-state index >= 15 is 0 Å². The molecule has 1 fully saturated rings. The predicted octanol–water partition coefficient (Wildman–Crippen LogP) is 4.09. The third kappa shape index (κ3) is 3.33. The average molecular weight is 377 g/mol. The Hall–Kier alpha value is -2.59. The Bertz CT molecular complexity index is 934. The summed E-state index contributed by atoms with van der Waals surface area (Å²) in [5.41, 5.74) is 6.12. The Morgan fingerprint density at radius 3 is 2.57 bits per heavy atom. The van der Waals surface area contributed by atoms with Crippen molar-refractivity contribution in [3.8, 4) is 0 Å². The zero-order valence-corrected chi connectivity index (χ0v) is 16.9. The van der Waals surface area contributed by atoms with Gasteiger partial charge in [0.2, 0.25) is 0 Å². The van der Waals surface area contributed by atoms with E-state index in [0.717, 1.165) is 37.2 Å². The minimum Gasteiger partial charge on any atom is -0.478 e. The Morgan fingerprint density at radius 2 is 1.86 bits per heavy atom. The number of aliphatic carboxylic acids is 1. The molecule has 2 aliphatic heterocycles. The highest BCUT2D eigenvalue weighted by atomic mass is 16.4. The van der Waals surface area contributed by atoms with Gasteiger partial charge in [-0.15, -0.1) is 0 Å². The molecule has 2 aliphatic rings. The molecule has 28 heavy (non-hydrogen) atoms. The highest BCUT2D eigenvalue weighted by Gasteiger charge is 2.34. The van der Waals surface area contributed by atoms with Gasteiger partial charge >= 0.3 is 5.97 Å². The largest absolute Gasteiger partial charge is 0.478 e. The molecule has 1 N–H and O–H groups in total. The maximum absolute atomic E-state index is 12.0. The van der Waals surface area contributed by atoms with Crippen LogP contribution in [0.4, 0.5) is 0 Å². The van der Waals surface area contributed by atoms with Crippen molar-refractivity contribution in [2.75, 3.05) is 26.7 Å². The summed E-state index contributed by atoms with van der Waals surface area (Å²) in [7, 11) is 2.16. The molecular weight excluding hydrogens is 348 g/mol. The summed E-state index contributed by atoms with van der Waals surface area (Å²) in [6.45, 7) is 7.35. The second-order valence-electron chi connectivity index (χ2n) is 8.24. The number of benzene rings is 2. The van der Waals surface area contributed by atoms with Crippen molar-refractivity contribution < 1.29 is 9.90 Å². The van der Waals surface area contributed by atoms with E-state index in [0.29, 0.717) is 11.5 Å². The van der Waals surface area contributed by atoms with Crippen LogP contribution in [0.25, 0.3) is 5.57 Å². The zero-order chi connectivity index (χ0) is 19.8. The molecule has 4 nitrogen and oxygen atoms in total. The zero-order valence-electron chi connectivity index (χ0n) is 16.9. The van der Waals surface area contributed by atoms with E-state index in [4.69, 9.17) is 0 Å². The van der Waals surface area contributed by atoms with Gasteiger partial charge in [0.25, 0.3) is 0 Å². The monoisotopic (exact) mass is 376 g/mol. The van der Waals surface area contributed by atoms with E-state index in [1.54, 1.807) is 0 Å². The van der Waals surface area contributed by atoms with Gasteiger partial charge in [-0.1, -0.05) is 42.5 Å². The molecule has 2 aromatic rings. The standard InChI is InChI=1S/C24H28N2O2/c1-16-7-6-10-19(17(16)2)23-21-9-5-4-8-20(21)22(24(27)28)15-26(23)14-18-11-12-25(3)13-18/h4-10,15,18,23H,11-14H2,1-3H3,(H,27,28). The summed E-state index contributed by atoms with van der Waals surface area (Å²) in [6.07, 6.45) is 3.04. The first-order chi connectivity index (χ1) is 13.5. The van der Waals surface area contributed by atoms with Gasteiger partial charge in [-0.2, -0.15) is 0 Å². The highest BCUT2D eigenvalue weighted by Crippen LogP contribution is 2.41. The van der Waals surface area contributed by atoms with Gasteiger partial charge in [0.15, 0.2) is 0 Å². The van der Waals surface area contributed by atoms with Crippen LogP contribution in [0.5, 0.6) is 0 Å². The molecule has 0 saturated carbocycles. The number of rotatable bonds is 4. The normalized spacial score (nSPS) is 22.1. The fourth-order valence-corrected chi connectivity index (χ4v) is 4.69. The molecule has 2 unspecified atom stereocenters. The third-order valence-corrected chi connectivity index (χ3v) is 6.30. The van der Waals surface area contributed by atoms with Crippen LogP contribution < -0.4 is 0 Å². The van der Waals surface area contributed by atoms with E-state index in [2.05, 4.69) is 55.0 Å². The van der Waals surface area contributed by atoms with Gasteiger partial charge in [0.1, 0.15) is 0 Å². The van der Waals surface area contributed by atoms with E-state index in [1.807, 2.05) is 24.4 Å². The van der Waals surface area contributed by atoms with Crippen molar-refractivity contribution in [1.29, 1.82) is 0 Å². The lowest BCUT2D eigenvalue weighted by atomic mass is 9.84. The number of hydrogen-bond acceptors (Lipinski definition) is 3. The summed E-state index contributed by atoms with van der Waals surface area (Å²) >= 11 is 0. The molecule has 4 rings (SSSR count). The van der Waals surface area contributed by atoms with Gasteiger partial charge in [-0.3, -0.25) is 0 Å². The summed E-state index contributed by atoms with van der Waals surface area (Å²) in [6, 6.07) is 14.5. The SMILES string of the molecule is Cc1cccc(C2c3ccccc3C(C(=O)O)=CN2CC2CCN(C)C2)c1C. The Kier molecular flexibility index (Phi) is 4.98. The molecule has 0 aliphatic carbocycles. The Balaban J connectivity index is 1.83. The fourth-order valence-electron chi connectivity index (χ4n) is 4.69. The summed E-state index contributed by atoms with van der Waals surface area (Å²) in [4.78, 5) is 16.6. The van der Waals surface area contributed by atoms with Crippen LogP contribution in [0.1, 0.15) is 40.3 Å². The number of fused-ring (bicyclic) bond motifs is 1. The molecule has 146 valence electrons. The van der Waals surface area contributed by atoms with Crippen molar-refractivity contribution in [3.63, 3.8) is 0 Å². The minimum absolute atomic E-state index is 0.0464. The van der Waals surface area contributed by atoms with Crippen LogP contribution >= 0.6 is 0 Å². The van der Waals surface area contributed by atoms with Gasteiger partial charge < -0.3 is 14.9 Å². The van der Waals surface area contributed by atoms with Gasteiger partial charge in [0.05, 0.1) is 11.6 Å². The maximum Gasteiger partial charge on any atom is 0.337 e. The highest BCUT2D eigenvalue weighted by molar-refractivity contribution is 6.16. The third-order valence-electron chi connectivity index (χ3n) is 6.30. The summed E-state index contributed by atoms with van der Waals surface area (Å²) < 4.78 is 0.